The third kappa shape index (κ3) is 3.60. The van der Waals surface area contributed by atoms with Crippen molar-refractivity contribution in [2.45, 2.75) is 12.7 Å². The maximum atomic E-state index is 13.6. The lowest BCUT2D eigenvalue weighted by Gasteiger charge is -2.17. The van der Waals surface area contributed by atoms with E-state index in [2.05, 4.69) is 5.10 Å². The van der Waals surface area contributed by atoms with E-state index >= 15 is 0 Å². The topological polar surface area (TPSA) is 51.3 Å². The number of alkyl halides is 3. The van der Waals surface area contributed by atoms with Gasteiger partial charge in [-0.15, -0.1) is 0 Å². The first-order valence-electron chi connectivity index (χ1n) is 7.46. The van der Waals surface area contributed by atoms with Gasteiger partial charge in [-0.05, 0) is 36.4 Å². The molecule has 3 rings (SSSR count). The fourth-order valence-electron chi connectivity index (χ4n) is 2.47. The molecule has 0 radical (unpaired) electrons. The van der Waals surface area contributed by atoms with Crippen molar-refractivity contribution in [3.8, 4) is 5.69 Å². The predicted molar refractivity (Wildman–Crippen MR) is 88.1 cm³/mol. The van der Waals surface area contributed by atoms with Crippen molar-refractivity contribution < 1.29 is 22.4 Å². The van der Waals surface area contributed by atoms with Crippen LogP contribution in [0.5, 0.6) is 0 Å². The van der Waals surface area contributed by atoms with E-state index in [9.17, 15) is 18.0 Å². The number of halogens is 4. The standard InChI is InChI=1S/C17H13ClF3N3O2/c1-23(10-13-3-2-8-26-13)16(25)14-9-22-24(15(14)17(19,20)21)12-6-4-11(18)5-7-12/h2-9H,10H2,1H3. The van der Waals surface area contributed by atoms with Crippen LogP contribution >= 0.6 is 11.6 Å². The molecule has 1 amide bonds. The Morgan fingerprint density at radius 2 is 1.96 bits per heavy atom. The van der Waals surface area contributed by atoms with Crippen molar-refractivity contribution in [3.63, 3.8) is 0 Å². The van der Waals surface area contributed by atoms with Crippen LogP contribution in [0, 0.1) is 0 Å². The normalized spacial score (nSPS) is 11.6. The van der Waals surface area contributed by atoms with Crippen molar-refractivity contribution in [1.82, 2.24) is 14.7 Å². The monoisotopic (exact) mass is 383 g/mol. The second-order valence-electron chi connectivity index (χ2n) is 5.53. The number of rotatable bonds is 4. The summed E-state index contributed by atoms with van der Waals surface area (Å²) in [5, 5.41) is 4.14. The van der Waals surface area contributed by atoms with E-state index in [1.165, 1.54) is 37.6 Å². The highest BCUT2D eigenvalue weighted by atomic mass is 35.5. The summed E-state index contributed by atoms with van der Waals surface area (Å²) in [4.78, 5) is 13.7. The summed E-state index contributed by atoms with van der Waals surface area (Å²) in [6.07, 6.45) is -2.43. The van der Waals surface area contributed by atoms with Crippen molar-refractivity contribution in [3.05, 3.63) is 70.9 Å². The SMILES string of the molecule is CN(Cc1ccco1)C(=O)c1cnn(-c2ccc(Cl)cc2)c1C(F)(F)F. The van der Waals surface area contributed by atoms with Gasteiger partial charge in [0.15, 0.2) is 5.69 Å². The maximum absolute atomic E-state index is 13.6. The largest absolute Gasteiger partial charge is 0.467 e. The van der Waals surface area contributed by atoms with Gasteiger partial charge in [0.1, 0.15) is 5.76 Å². The molecule has 0 unspecified atom stereocenters. The average Bonchev–Trinajstić information content (AvgIpc) is 3.23. The first-order chi connectivity index (χ1) is 12.3. The molecule has 0 spiro atoms. The van der Waals surface area contributed by atoms with Gasteiger partial charge in [-0.3, -0.25) is 4.79 Å². The number of amides is 1. The molecule has 0 bridgehead atoms. The minimum Gasteiger partial charge on any atom is -0.467 e. The van der Waals surface area contributed by atoms with Crippen LogP contribution in [0.3, 0.4) is 0 Å². The Labute approximate surface area is 151 Å². The molecule has 2 aromatic heterocycles. The lowest BCUT2D eigenvalue weighted by atomic mass is 10.2. The molecular formula is C17H13ClF3N3O2. The summed E-state index contributed by atoms with van der Waals surface area (Å²) in [5.41, 5.74) is -1.54. The second kappa shape index (κ2) is 6.87. The van der Waals surface area contributed by atoms with Gasteiger partial charge in [0.2, 0.25) is 0 Å². The molecule has 0 fully saturated rings. The molecule has 0 N–H and O–H groups in total. The molecule has 9 heteroatoms. The lowest BCUT2D eigenvalue weighted by Crippen LogP contribution is -2.28. The molecule has 0 saturated carbocycles. The Morgan fingerprint density at radius 1 is 1.27 bits per heavy atom. The van der Waals surface area contributed by atoms with Gasteiger partial charge < -0.3 is 9.32 Å². The lowest BCUT2D eigenvalue weighted by molar-refractivity contribution is -0.143. The molecule has 5 nitrogen and oxygen atoms in total. The van der Waals surface area contributed by atoms with Crippen LogP contribution in [0.2, 0.25) is 5.02 Å². The van der Waals surface area contributed by atoms with Crippen LogP contribution in [-0.2, 0) is 12.7 Å². The molecule has 136 valence electrons. The predicted octanol–water partition coefficient (Wildman–Crippen LogP) is 4.41. The first kappa shape index (κ1) is 18.1. The van der Waals surface area contributed by atoms with E-state index in [-0.39, 0.29) is 12.2 Å². The highest BCUT2D eigenvalue weighted by Gasteiger charge is 2.41. The van der Waals surface area contributed by atoms with Gasteiger partial charge in [-0.1, -0.05) is 11.6 Å². The number of hydrogen-bond acceptors (Lipinski definition) is 3. The van der Waals surface area contributed by atoms with E-state index < -0.39 is 23.3 Å². The summed E-state index contributed by atoms with van der Waals surface area (Å²) < 4.78 is 46.7. The van der Waals surface area contributed by atoms with Crippen molar-refractivity contribution >= 4 is 17.5 Å². The van der Waals surface area contributed by atoms with Crippen LogP contribution in [0.25, 0.3) is 5.69 Å². The van der Waals surface area contributed by atoms with Gasteiger partial charge in [-0.2, -0.15) is 18.3 Å². The van der Waals surface area contributed by atoms with Crippen molar-refractivity contribution in [2.75, 3.05) is 7.05 Å². The Bertz CT molecular complexity index is 902. The van der Waals surface area contributed by atoms with E-state index in [4.69, 9.17) is 16.0 Å². The number of furan rings is 1. The fourth-order valence-corrected chi connectivity index (χ4v) is 2.60. The Kier molecular flexibility index (Phi) is 4.78. The number of nitrogens with zero attached hydrogens (tertiary/aromatic N) is 3. The van der Waals surface area contributed by atoms with Crippen LogP contribution < -0.4 is 0 Å². The van der Waals surface area contributed by atoms with Crippen LogP contribution in [0.1, 0.15) is 21.8 Å². The summed E-state index contributed by atoms with van der Waals surface area (Å²) in [6, 6.07) is 8.95. The molecule has 2 heterocycles. The van der Waals surface area contributed by atoms with Crippen LogP contribution in [0.15, 0.2) is 53.3 Å². The average molecular weight is 384 g/mol. The summed E-state index contributed by atoms with van der Waals surface area (Å²) in [5.74, 6) is -0.353. The third-order valence-corrected chi connectivity index (χ3v) is 3.91. The fraction of sp³-hybridized carbons (Fsp3) is 0.176. The Balaban J connectivity index is 1.99. The maximum Gasteiger partial charge on any atom is 0.434 e. The van der Waals surface area contributed by atoms with Gasteiger partial charge in [0, 0.05) is 12.1 Å². The molecule has 1 aromatic carbocycles. The molecule has 0 saturated heterocycles. The molecule has 26 heavy (non-hydrogen) atoms. The highest BCUT2D eigenvalue weighted by molar-refractivity contribution is 6.30. The molecular weight excluding hydrogens is 371 g/mol. The van der Waals surface area contributed by atoms with Crippen LogP contribution in [0.4, 0.5) is 13.2 Å². The minimum absolute atomic E-state index is 0.0370. The zero-order chi connectivity index (χ0) is 18.9. The summed E-state index contributed by atoms with van der Waals surface area (Å²) in [7, 11) is 1.39. The third-order valence-electron chi connectivity index (χ3n) is 3.66. The van der Waals surface area contributed by atoms with Crippen LogP contribution in [-0.4, -0.2) is 27.6 Å². The van der Waals surface area contributed by atoms with Gasteiger partial charge in [-0.25, -0.2) is 4.68 Å². The van der Waals surface area contributed by atoms with Gasteiger partial charge >= 0.3 is 6.18 Å². The second-order valence-corrected chi connectivity index (χ2v) is 5.97. The zero-order valence-corrected chi connectivity index (χ0v) is 14.3. The molecule has 0 aliphatic carbocycles. The number of carbonyl (C=O) groups is 1. The summed E-state index contributed by atoms with van der Waals surface area (Å²) >= 11 is 5.77. The first-order valence-corrected chi connectivity index (χ1v) is 7.84. The molecule has 0 atom stereocenters. The van der Waals surface area contributed by atoms with Gasteiger partial charge in [0.05, 0.1) is 30.3 Å². The number of hydrogen-bond donors (Lipinski definition) is 0. The zero-order valence-electron chi connectivity index (χ0n) is 13.5. The minimum atomic E-state index is -4.77. The molecule has 0 aliphatic rings. The van der Waals surface area contributed by atoms with E-state index in [1.54, 1.807) is 12.1 Å². The highest BCUT2D eigenvalue weighted by Crippen LogP contribution is 2.34. The Morgan fingerprint density at radius 3 is 2.54 bits per heavy atom. The van der Waals surface area contributed by atoms with Gasteiger partial charge in [0.25, 0.3) is 5.91 Å². The van der Waals surface area contributed by atoms with E-state index in [0.717, 1.165) is 11.1 Å². The van der Waals surface area contributed by atoms with Crippen molar-refractivity contribution in [2.24, 2.45) is 0 Å². The van der Waals surface area contributed by atoms with E-state index in [1.807, 2.05) is 0 Å². The number of carbonyl (C=O) groups excluding carboxylic acids is 1. The van der Waals surface area contributed by atoms with E-state index in [0.29, 0.717) is 15.5 Å². The molecule has 3 aromatic rings. The quantitative estimate of drug-likeness (QED) is 0.670. The number of benzene rings is 1. The van der Waals surface area contributed by atoms with Crippen molar-refractivity contribution in [1.29, 1.82) is 0 Å². The summed E-state index contributed by atoms with van der Waals surface area (Å²) in [6.45, 7) is 0.0370. The number of aromatic nitrogens is 2. The smallest absolute Gasteiger partial charge is 0.434 e. The Hall–Kier alpha value is -2.74. The molecule has 0 aliphatic heterocycles.